The number of allylic oxidation sites excluding steroid dienone is 2. The highest BCUT2D eigenvalue weighted by molar-refractivity contribution is 5.68. The Morgan fingerprint density at radius 3 is 1.45 bits per heavy atom. The van der Waals surface area contributed by atoms with Gasteiger partial charge in [-0.15, -0.1) is 0 Å². The molecule has 0 spiro atoms. The third-order valence-electron chi connectivity index (χ3n) is 0.417. The van der Waals surface area contributed by atoms with Gasteiger partial charge in [0.05, 0.1) is 0 Å². The van der Waals surface area contributed by atoms with Crippen LogP contribution in [-0.4, -0.2) is 20.3 Å². The molecule has 0 rings (SSSR count). The van der Waals surface area contributed by atoms with E-state index in [0.29, 0.717) is 0 Å². The SMILES string of the molecule is CC.CC(C)=CC=N.CNC. The van der Waals surface area contributed by atoms with Gasteiger partial charge in [0, 0.05) is 6.21 Å². The molecule has 0 saturated heterocycles. The van der Waals surface area contributed by atoms with E-state index in [9.17, 15) is 0 Å². The fourth-order valence-corrected chi connectivity index (χ4v) is 0.167. The van der Waals surface area contributed by atoms with E-state index in [-0.39, 0.29) is 0 Å². The van der Waals surface area contributed by atoms with Crippen LogP contribution in [0.5, 0.6) is 0 Å². The van der Waals surface area contributed by atoms with Crippen LogP contribution in [0.4, 0.5) is 0 Å². The monoisotopic (exact) mass is 158 g/mol. The van der Waals surface area contributed by atoms with E-state index in [1.807, 2.05) is 41.8 Å². The molecular weight excluding hydrogens is 136 g/mol. The summed E-state index contributed by atoms with van der Waals surface area (Å²) < 4.78 is 0. The summed E-state index contributed by atoms with van der Waals surface area (Å²) in [4.78, 5) is 0. The minimum absolute atomic E-state index is 1.17. The molecule has 0 aromatic carbocycles. The Morgan fingerprint density at radius 2 is 1.45 bits per heavy atom. The van der Waals surface area contributed by atoms with Gasteiger partial charge in [-0.25, -0.2) is 0 Å². The molecule has 11 heavy (non-hydrogen) atoms. The summed E-state index contributed by atoms with van der Waals surface area (Å²) >= 11 is 0. The van der Waals surface area contributed by atoms with Crippen LogP contribution in [0.3, 0.4) is 0 Å². The van der Waals surface area contributed by atoms with Crippen LogP contribution >= 0.6 is 0 Å². The molecule has 2 nitrogen and oxygen atoms in total. The van der Waals surface area contributed by atoms with Crippen LogP contribution in [-0.2, 0) is 0 Å². The second kappa shape index (κ2) is 22.8. The lowest BCUT2D eigenvalue weighted by molar-refractivity contribution is 1.02. The number of nitrogens with one attached hydrogen (secondary N) is 2. The summed E-state index contributed by atoms with van der Waals surface area (Å²) in [5.41, 5.74) is 1.17. The topological polar surface area (TPSA) is 35.9 Å². The second-order valence-corrected chi connectivity index (χ2v) is 1.91. The third kappa shape index (κ3) is 90.6. The lowest BCUT2D eigenvalue weighted by Gasteiger charge is -1.75. The lowest BCUT2D eigenvalue weighted by atomic mass is 10.3. The summed E-state index contributed by atoms with van der Waals surface area (Å²) in [6.45, 7) is 7.93. The highest BCUT2D eigenvalue weighted by Gasteiger charge is 1.64. The van der Waals surface area contributed by atoms with Crippen molar-refractivity contribution in [2.24, 2.45) is 0 Å². The highest BCUT2D eigenvalue weighted by atomic mass is 14.7. The van der Waals surface area contributed by atoms with Gasteiger partial charge in [-0.05, 0) is 34.0 Å². The summed E-state index contributed by atoms with van der Waals surface area (Å²) in [5.74, 6) is 0. The molecule has 2 N–H and O–H groups in total. The first-order chi connectivity index (χ1) is 5.18. The van der Waals surface area contributed by atoms with E-state index in [1.54, 1.807) is 6.08 Å². The second-order valence-electron chi connectivity index (χ2n) is 1.91. The Bertz CT molecular complexity index is 81.6. The molecule has 0 heterocycles. The summed E-state index contributed by atoms with van der Waals surface area (Å²) in [6, 6.07) is 0. The van der Waals surface area contributed by atoms with Gasteiger partial charge >= 0.3 is 0 Å². The highest BCUT2D eigenvalue weighted by Crippen LogP contribution is 1.81. The Kier molecular flexibility index (Phi) is 34.7. The fourth-order valence-electron chi connectivity index (χ4n) is 0.167. The maximum Gasteiger partial charge on any atom is 0.0177 e. The summed E-state index contributed by atoms with van der Waals surface area (Å²) in [6.07, 6.45) is 3.04. The van der Waals surface area contributed by atoms with Gasteiger partial charge < -0.3 is 10.7 Å². The van der Waals surface area contributed by atoms with Gasteiger partial charge in [-0.2, -0.15) is 0 Å². The van der Waals surface area contributed by atoms with Gasteiger partial charge in [-0.3, -0.25) is 0 Å². The summed E-state index contributed by atoms with van der Waals surface area (Å²) in [7, 11) is 3.75. The largest absolute Gasteiger partial charge is 0.323 e. The molecule has 0 aliphatic carbocycles. The minimum Gasteiger partial charge on any atom is -0.323 e. The Labute approximate surface area is 71.2 Å². The molecule has 2 heteroatoms. The predicted octanol–water partition coefficient (Wildman–Crippen LogP) is 2.46. The van der Waals surface area contributed by atoms with Crippen LogP contribution < -0.4 is 5.32 Å². The zero-order valence-corrected chi connectivity index (χ0v) is 8.65. The molecular formula is C9H22N2. The molecule has 0 amide bonds. The van der Waals surface area contributed by atoms with Crippen LogP contribution in [0, 0.1) is 5.41 Å². The number of hydrogen-bond acceptors (Lipinski definition) is 2. The predicted molar refractivity (Wildman–Crippen MR) is 54.5 cm³/mol. The first-order valence-electron chi connectivity index (χ1n) is 3.91. The van der Waals surface area contributed by atoms with Gasteiger partial charge in [0.1, 0.15) is 0 Å². The Hall–Kier alpha value is -0.630. The quantitative estimate of drug-likeness (QED) is 0.565. The van der Waals surface area contributed by atoms with E-state index < -0.39 is 0 Å². The molecule has 0 bridgehead atoms. The van der Waals surface area contributed by atoms with E-state index in [2.05, 4.69) is 5.32 Å². The third-order valence-corrected chi connectivity index (χ3v) is 0.417. The van der Waals surface area contributed by atoms with Crippen molar-refractivity contribution in [1.29, 1.82) is 5.41 Å². The maximum absolute atomic E-state index is 6.53. The van der Waals surface area contributed by atoms with Crippen molar-refractivity contribution < 1.29 is 0 Å². The first kappa shape index (κ1) is 16.8. The normalized spacial score (nSPS) is 6.00. The van der Waals surface area contributed by atoms with Crippen molar-refractivity contribution in [2.45, 2.75) is 27.7 Å². The van der Waals surface area contributed by atoms with Crippen LogP contribution in [0.2, 0.25) is 0 Å². The van der Waals surface area contributed by atoms with Crippen molar-refractivity contribution in [3.05, 3.63) is 11.6 Å². The average molecular weight is 158 g/mol. The van der Waals surface area contributed by atoms with Gasteiger partial charge in [-0.1, -0.05) is 19.4 Å². The first-order valence-corrected chi connectivity index (χ1v) is 3.91. The maximum atomic E-state index is 6.53. The molecule has 0 radical (unpaired) electrons. The van der Waals surface area contributed by atoms with Crippen molar-refractivity contribution in [3.63, 3.8) is 0 Å². The van der Waals surface area contributed by atoms with E-state index in [0.717, 1.165) is 0 Å². The molecule has 0 fully saturated rings. The van der Waals surface area contributed by atoms with E-state index in [4.69, 9.17) is 5.41 Å². The molecule has 0 atom stereocenters. The smallest absolute Gasteiger partial charge is 0.0177 e. The fraction of sp³-hybridized carbons (Fsp3) is 0.667. The van der Waals surface area contributed by atoms with Gasteiger partial charge in [0.25, 0.3) is 0 Å². The Balaban J connectivity index is -0.000000109. The van der Waals surface area contributed by atoms with Gasteiger partial charge in [0.15, 0.2) is 0 Å². The standard InChI is InChI=1S/C5H9N.C2H7N.C2H6/c1-5(2)3-4-6;1-3-2;1-2/h3-4,6H,1-2H3;3H,1-2H3;1-2H3. The molecule has 0 aliphatic heterocycles. The van der Waals surface area contributed by atoms with E-state index >= 15 is 0 Å². The molecule has 0 aromatic heterocycles. The number of rotatable bonds is 1. The molecule has 0 unspecified atom stereocenters. The van der Waals surface area contributed by atoms with Crippen molar-refractivity contribution >= 4 is 6.21 Å². The molecule has 68 valence electrons. The zero-order valence-electron chi connectivity index (χ0n) is 8.65. The summed E-state index contributed by atoms with van der Waals surface area (Å²) in [5, 5.41) is 9.28. The van der Waals surface area contributed by atoms with Crippen LogP contribution in [0.15, 0.2) is 11.6 Å². The van der Waals surface area contributed by atoms with E-state index in [1.165, 1.54) is 11.8 Å². The van der Waals surface area contributed by atoms with Crippen LogP contribution in [0.25, 0.3) is 0 Å². The average Bonchev–Trinajstić information content (AvgIpc) is 1.93. The molecule has 0 aromatic rings. The zero-order chi connectivity index (χ0) is 9.70. The van der Waals surface area contributed by atoms with Crippen molar-refractivity contribution in [3.8, 4) is 0 Å². The lowest BCUT2D eigenvalue weighted by Crippen LogP contribution is -1.89. The number of hydrogen-bond donors (Lipinski definition) is 2. The van der Waals surface area contributed by atoms with Crippen LogP contribution in [0.1, 0.15) is 27.7 Å². The van der Waals surface area contributed by atoms with Crippen molar-refractivity contribution in [2.75, 3.05) is 14.1 Å². The minimum atomic E-state index is 1.17. The van der Waals surface area contributed by atoms with Gasteiger partial charge in [0.2, 0.25) is 0 Å². The molecule has 0 aliphatic rings. The Morgan fingerprint density at radius 1 is 1.18 bits per heavy atom. The van der Waals surface area contributed by atoms with Crippen molar-refractivity contribution in [1.82, 2.24) is 5.32 Å². The molecule has 0 saturated carbocycles.